The molecular weight excluding hydrogens is 409 g/mol. The van der Waals surface area contributed by atoms with Crippen molar-refractivity contribution < 1.29 is 4.79 Å². The summed E-state index contributed by atoms with van der Waals surface area (Å²) in [6.45, 7) is 5.13. The highest BCUT2D eigenvalue weighted by Gasteiger charge is 2.18. The number of hydrogen-bond acceptors (Lipinski definition) is 3. The number of halogens is 3. The molecule has 0 aliphatic carbocycles. The smallest absolute Gasteiger partial charge is 0.323 e. The second-order valence-corrected chi connectivity index (χ2v) is 7.01. The molecule has 0 atom stereocenters. The van der Waals surface area contributed by atoms with Crippen LogP contribution in [0.5, 0.6) is 0 Å². The van der Waals surface area contributed by atoms with E-state index < -0.39 is 0 Å². The lowest BCUT2D eigenvalue weighted by Crippen LogP contribution is -2.34. The van der Waals surface area contributed by atoms with Crippen molar-refractivity contribution in [1.29, 1.82) is 0 Å². The van der Waals surface area contributed by atoms with Gasteiger partial charge in [-0.15, -0.1) is 0 Å². The molecule has 0 aliphatic rings. The molecule has 0 saturated heterocycles. The number of rotatable bonds is 4. The highest BCUT2D eigenvalue weighted by Crippen LogP contribution is 2.38. The van der Waals surface area contributed by atoms with Crippen LogP contribution in [0.25, 0.3) is 0 Å². The lowest BCUT2D eigenvalue weighted by atomic mass is 10.4. The number of hydrogen-bond donors (Lipinski definition) is 0. The molecule has 4 nitrogen and oxygen atoms in total. The first kappa shape index (κ1) is 17.7. The van der Waals surface area contributed by atoms with Gasteiger partial charge in [0, 0.05) is 18.0 Å². The highest BCUT2D eigenvalue weighted by atomic mass is 79.9. The first-order valence-electron chi connectivity index (χ1n) is 6.64. The van der Waals surface area contributed by atoms with Crippen LogP contribution in [0.15, 0.2) is 38.8 Å². The van der Waals surface area contributed by atoms with Crippen LogP contribution < -0.4 is 0 Å². The summed E-state index contributed by atoms with van der Waals surface area (Å²) < 4.78 is 2.06. The van der Waals surface area contributed by atoms with Crippen LogP contribution in [0.4, 0.5) is 4.79 Å². The average molecular weight is 423 g/mol. The van der Waals surface area contributed by atoms with E-state index in [-0.39, 0.29) is 6.03 Å². The molecule has 2 aromatic rings. The number of benzene rings is 1. The lowest BCUT2D eigenvalue weighted by Gasteiger charge is -2.17. The van der Waals surface area contributed by atoms with Crippen LogP contribution in [0, 0.1) is 0 Å². The fraction of sp³-hybridized carbons (Fsp3) is 0.286. The zero-order valence-corrected chi connectivity index (χ0v) is 15.9. The van der Waals surface area contributed by atoms with Gasteiger partial charge in [-0.2, -0.15) is 9.78 Å². The Morgan fingerprint density at radius 2 is 2.05 bits per heavy atom. The first-order valence-corrected chi connectivity index (χ1v) is 9.00. The summed E-state index contributed by atoms with van der Waals surface area (Å²) in [6, 6.07) is 5.25. The quantitative estimate of drug-likeness (QED) is 0.660. The Labute approximate surface area is 151 Å². The van der Waals surface area contributed by atoms with E-state index in [9.17, 15) is 4.79 Å². The summed E-state index contributed by atoms with van der Waals surface area (Å²) in [5.41, 5.74) is 0. The minimum absolute atomic E-state index is 0.158. The zero-order valence-electron chi connectivity index (χ0n) is 12.0. The van der Waals surface area contributed by atoms with Gasteiger partial charge in [0.25, 0.3) is 0 Å². The van der Waals surface area contributed by atoms with Gasteiger partial charge in [0.2, 0.25) is 0 Å². The van der Waals surface area contributed by atoms with Crippen LogP contribution in [-0.2, 0) is 0 Å². The molecule has 0 fully saturated rings. The van der Waals surface area contributed by atoms with E-state index in [2.05, 4.69) is 21.0 Å². The van der Waals surface area contributed by atoms with Gasteiger partial charge in [0.05, 0.1) is 20.7 Å². The molecule has 8 heteroatoms. The second kappa shape index (κ2) is 7.73. The number of amides is 1. The molecule has 1 heterocycles. The Morgan fingerprint density at radius 3 is 2.68 bits per heavy atom. The molecule has 118 valence electrons. The SMILES string of the molecule is CCN(CC)C(=O)n1cc(Br)c(Sc2cccc(Cl)c2Cl)n1. The van der Waals surface area contributed by atoms with E-state index in [0.717, 1.165) is 9.37 Å². The standard InChI is InChI=1S/C14H14BrCl2N3OS/c1-3-19(4-2)14(21)20-8-9(15)13(18-20)22-11-7-5-6-10(16)12(11)17/h5-8H,3-4H2,1-2H3. The molecule has 22 heavy (non-hydrogen) atoms. The van der Waals surface area contributed by atoms with Crippen LogP contribution in [-0.4, -0.2) is 33.8 Å². The van der Waals surface area contributed by atoms with Crippen molar-refractivity contribution in [2.24, 2.45) is 0 Å². The molecule has 1 aromatic carbocycles. The molecular formula is C14H14BrCl2N3OS. The number of carbonyl (C=O) groups is 1. The van der Waals surface area contributed by atoms with Crippen molar-refractivity contribution in [3.8, 4) is 0 Å². The van der Waals surface area contributed by atoms with Crippen LogP contribution in [0.3, 0.4) is 0 Å². The fourth-order valence-electron chi connectivity index (χ4n) is 1.81. The molecule has 0 bridgehead atoms. The van der Waals surface area contributed by atoms with Crippen LogP contribution >= 0.6 is 50.9 Å². The van der Waals surface area contributed by atoms with E-state index in [0.29, 0.717) is 28.2 Å². The minimum atomic E-state index is -0.158. The Bertz CT molecular complexity index is 689. The van der Waals surface area contributed by atoms with Gasteiger partial charge in [-0.3, -0.25) is 0 Å². The average Bonchev–Trinajstić information content (AvgIpc) is 2.86. The summed E-state index contributed by atoms with van der Waals surface area (Å²) in [5, 5.41) is 5.95. The fourth-order valence-corrected chi connectivity index (χ4v) is 3.63. The summed E-state index contributed by atoms with van der Waals surface area (Å²) in [7, 11) is 0. The van der Waals surface area contributed by atoms with E-state index in [1.807, 2.05) is 26.0 Å². The van der Waals surface area contributed by atoms with Crippen molar-refractivity contribution in [1.82, 2.24) is 14.7 Å². The molecule has 0 saturated carbocycles. The first-order chi connectivity index (χ1) is 10.5. The largest absolute Gasteiger partial charge is 0.344 e. The molecule has 1 aromatic heterocycles. The molecule has 2 rings (SSSR count). The van der Waals surface area contributed by atoms with Gasteiger partial charge in [0.1, 0.15) is 5.03 Å². The zero-order chi connectivity index (χ0) is 16.3. The maximum absolute atomic E-state index is 12.3. The summed E-state index contributed by atoms with van der Waals surface area (Å²) in [6.07, 6.45) is 1.65. The maximum atomic E-state index is 12.3. The third-order valence-electron chi connectivity index (χ3n) is 2.99. The van der Waals surface area contributed by atoms with Crippen molar-refractivity contribution >= 4 is 56.9 Å². The van der Waals surface area contributed by atoms with Gasteiger partial charge < -0.3 is 4.90 Å². The number of carbonyl (C=O) groups excluding carboxylic acids is 1. The summed E-state index contributed by atoms with van der Waals surface area (Å²) in [4.78, 5) is 14.8. The Kier molecular flexibility index (Phi) is 6.20. The molecule has 0 radical (unpaired) electrons. The number of aromatic nitrogens is 2. The maximum Gasteiger partial charge on any atom is 0.344 e. The highest BCUT2D eigenvalue weighted by molar-refractivity contribution is 9.10. The van der Waals surface area contributed by atoms with Gasteiger partial charge in [0.15, 0.2) is 0 Å². The van der Waals surface area contributed by atoms with Gasteiger partial charge in [-0.05, 0) is 41.9 Å². The normalized spacial score (nSPS) is 10.8. The molecule has 0 aliphatic heterocycles. The minimum Gasteiger partial charge on any atom is -0.323 e. The van der Waals surface area contributed by atoms with Crippen molar-refractivity contribution in [2.75, 3.05) is 13.1 Å². The number of nitrogens with zero attached hydrogens (tertiary/aromatic N) is 3. The third kappa shape index (κ3) is 3.79. The van der Waals surface area contributed by atoms with Crippen molar-refractivity contribution in [3.05, 3.63) is 38.9 Å². The summed E-state index contributed by atoms with van der Waals surface area (Å²) in [5.74, 6) is 0. The molecule has 0 N–H and O–H groups in total. The van der Waals surface area contributed by atoms with E-state index in [1.54, 1.807) is 17.2 Å². The van der Waals surface area contributed by atoms with E-state index in [4.69, 9.17) is 23.2 Å². The van der Waals surface area contributed by atoms with E-state index >= 15 is 0 Å². The summed E-state index contributed by atoms with van der Waals surface area (Å²) >= 11 is 17.0. The predicted octanol–water partition coefficient (Wildman–Crippen LogP) is 5.41. The van der Waals surface area contributed by atoms with Gasteiger partial charge in [-0.25, -0.2) is 4.79 Å². The van der Waals surface area contributed by atoms with Crippen LogP contribution in [0.1, 0.15) is 13.8 Å². The molecule has 1 amide bonds. The Hall–Kier alpha value is -0.690. The Balaban J connectivity index is 2.27. The van der Waals surface area contributed by atoms with Crippen molar-refractivity contribution in [2.45, 2.75) is 23.8 Å². The van der Waals surface area contributed by atoms with Gasteiger partial charge >= 0.3 is 6.03 Å². The van der Waals surface area contributed by atoms with Gasteiger partial charge in [-0.1, -0.05) is 41.0 Å². The lowest BCUT2D eigenvalue weighted by molar-refractivity contribution is 0.201. The van der Waals surface area contributed by atoms with Crippen LogP contribution in [0.2, 0.25) is 10.0 Å². The monoisotopic (exact) mass is 421 g/mol. The molecule has 0 unspecified atom stereocenters. The molecule has 0 spiro atoms. The topological polar surface area (TPSA) is 38.1 Å². The van der Waals surface area contributed by atoms with E-state index in [1.165, 1.54) is 16.4 Å². The van der Waals surface area contributed by atoms with Crippen molar-refractivity contribution in [3.63, 3.8) is 0 Å². The third-order valence-corrected chi connectivity index (χ3v) is 5.82. The Morgan fingerprint density at radius 1 is 1.36 bits per heavy atom. The predicted molar refractivity (Wildman–Crippen MR) is 94.2 cm³/mol. The second-order valence-electron chi connectivity index (χ2n) is 4.34.